The number of rotatable bonds is 6. The van der Waals surface area contributed by atoms with Gasteiger partial charge in [0, 0.05) is 31.6 Å². The topological polar surface area (TPSA) is 80.1 Å². The number of hydrogen-bond donors (Lipinski definition) is 1. The van der Waals surface area contributed by atoms with Crippen molar-refractivity contribution in [1.82, 2.24) is 19.7 Å². The summed E-state index contributed by atoms with van der Waals surface area (Å²) in [5.74, 6) is 1.86. The second-order valence-corrected chi connectivity index (χ2v) is 8.82. The average molecular weight is 465 g/mol. The fourth-order valence-electron chi connectivity index (χ4n) is 4.27. The standard InChI is InChI=1S/C26H32N4O4/c1-18(2)34-23-11-7-21(8-12-23)30-25(20-5-9-22(33-4)10-6-20)17-24(27-30)19-13-15-29(16-14-19)26(31)28(3)32/h5-12,17-19,32H,13-16H2,1-4H3. The second-order valence-electron chi connectivity index (χ2n) is 8.82. The van der Waals surface area contributed by atoms with E-state index in [2.05, 4.69) is 6.07 Å². The Labute approximate surface area is 200 Å². The summed E-state index contributed by atoms with van der Waals surface area (Å²) in [6.07, 6.45) is 1.69. The van der Waals surface area contributed by atoms with Gasteiger partial charge in [-0.05, 0) is 81.3 Å². The van der Waals surface area contributed by atoms with Gasteiger partial charge in [-0.15, -0.1) is 0 Å². The van der Waals surface area contributed by atoms with E-state index in [0.717, 1.165) is 47.0 Å². The van der Waals surface area contributed by atoms with Gasteiger partial charge in [-0.25, -0.2) is 14.5 Å². The molecule has 2 aromatic carbocycles. The predicted octanol–water partition coefficient (Wildman–Crippen LogP) is 4.96. The third kappa shape index (κ3) is 5.17. The van der Waals surface area contributed by atoms with Crippen molar-refractivity contribution >= 4 is 6.03 Å². The van der Waals surface area contributed by atoms with Gasteiger partial charge in [0.25, 0.3) is 0 Å². The lowest BCUT2D eigenvalue weighted by Gasteiger charge is -2.32. The maximum absolute atomic E-state index is 12.1. The zero-order valence-electron chi connectivity index (χ0n) is 20.1. The van der Waals surface area contributed by atoms with Crippen LogP contribution in [-0.2, 0) is 0 Å². The minimum atomic E-state index is -0.369. The Morgan fingerprint density at radius 2 is 1.68 bits per heavy atom. The van der Waals surface area contributed by atoms with Crippen LogP contribution in [-0.4, -0.2) is 64.3 Å². The monoisotopic (exact) mass is 464 g/mol. The number of piperidine rings is 1. The summed E-state index contributed by atoms with van der Waals surface area (Å²) in [5.41, 5.74) is 3.97. The first-order chi connectivity index (χ1) is 16.4. The van der Waals surface area contributed by atoms with E-state index in [1.165, 1.54) is 7.05 Å². The van der Waals surface area contributed by atoms with Gasteiger partial charge in [-0.1, -0.05) is 0 Å². The number of nitrogens with zero attached hydrogens (tertiary/aromatic N) is 4. The zero-order valence-corrected chi connectivity index (χ0v) is 20.1. The number of urea groups is 1. The molecule has 180 valence electrons. The third-order valence-electron chi connectivity index (χ3n) is 6.03. The molecule has 1 aromatic heterocycles. The molecule has 34 heavy (non-hydrogen) atoms. The van der Waals surface area contributed by atoms with E-state index in [-0.39, 0.29) is 18.1 Å². The van der Waals surface area contributed by atoms with Crippen molar-refractivity contribution in [2.75, 3.05) is 27.2 Å². The fraction of sp³-hybridized carbons (Fsp3) is 0.385. The van der Waals surface area contributed by atoms with E-state index in [1.54, 1.807) is 12.0 Å². The van der Waals surface area contributed by atoms with Crippen LogP contribution in [0, 0.1) is 0 Å². The van der Waals surface area contributed by atoms with Crippen molar-refractivity contribution in [3.05, 3.63) is 60.3 Å². The summed E-state index contributed by atoms with van der Waals surface area (Å²) < 4.78 is 13.1. The van der Waals surface area contributed by atoms with Gasteiger partial charge in [0.05, 0.1) is 30.3 Å². The summed E-state index contributed by atoms with van der Waals surface area (Å²) in [4.78, 5) is 13.7. The molecule has 0 radical (unpaired) electrons. The van der Waals surface area contributed by atoms with Crippen molar-refractivity contribution in [2.45, 2.75) is 38.7 Å². The SMILES string of the molecule is COc1ccc(-c2cc(C3CCN(C(=O)N(C)O)CC3)nn2-c2ccc(OC(C)C)cc2)cc1. The molecule has 1 saturated heterocycles. The first-order valence-corrected chi connectivity index (χ1v) is 11.6. The summed E-state index contributed by atoms with van der Waals surface area (Å²) in [7, 11) is 3.01. The van der Waals surface area contributed by atoms with E-state index < -0.39 is 0 Å². The lowest BCUT2D eigenvalue weighted by molar-refractivity contribution is -0.0356. The van der Waals surface area contributed by atoms with E-state index in [4.69, 9.17) is 14.6 Å². The largest absolute Gasteiger partial charge is 0.497 e. The molecule has 0 atom stereocenters. The quantitative estimate of drug-likeness (QED) is 0.412. The van der Waals surface area contributed by atoms with Gasteiger partial charge >= 0.3 is 6.03 Å². The molecule has 0 bridgehead atoms. The maximum atomic E-state index is 12.1. The van der Waals surface area contributed by atoms with Crippen LogP contribution in [0.15, 0.2) is 54.6 Å². The highest BCUT2D eigenvalue weighted by Gasteiger charge is 2.27. The molecule has 0 aliphatic carbocycles. The number of amides is 2. The number of methoxy groups -OCH3 is 1. The molecule has 0 unspecified atom stereocenters. The Balaban J connectivity index is 1.64. The molecule has 1 N–H and O–H groups in total. The fourth-order valence-corrected chi connectivity index (χ4v) is 4.27. The summed E-state index contributed by atoms with van der Waals surface area (Å²) in [6.45, 7) is 5.18. The Kier molecular flexibility index (Phi) is 7.07. The molecule has 2 amide bonds. The van der Waals surface area contributed by atoms with Crippen LogP contribution in [0.3, 0.4) is 0 Å². The van der Waals surface area contributed by atoms with Crippen LogP contribution in [0.4, 0.5) is 4.79 Å². The summed E-state index contributed by atoms with van der Waals surface area (Å²) in [5, 5.41) is 15.1. The number of benzene rings is 2. The van der Waals surface area contributed by atoms with Crippen LogP contribution in [0.25, 0.3) is 16.9 Å². The van der Waals surface area contributed by atoms with Crippen molar-refractivity contribution < 1.29 is 19.5 Å². The highest BCUT2D eigenvalue weighted by molar-refractivity contribution is 5.73. The number of hydrogen-bond acceptors (Lipinski definition) is 5. The molecular weight excluding hydrogens is 432 g/mol. The van der Waals surface area contributed by atoms with E-state index >= 15 is 0 Å². The van der Waals surface area contributed by atoms with Crippen molar-refractivity contribution in [2.24, 2.45) is 0 Å². The summed E-state index contributed by atoms with van der Waals surface area (Å²) in [6, 6.07) is 17.7. The van der Waals surface area contributed by atoms with Gasteiger partial charge in [-0.3, -0.25) is 5.21 Å². The Hall–Kier alpha value is -3.52. The highest BCUT2D eigenvalue weighted by Crippen LogP contribution is 2.33. The van der Waals surface area contributed by atoms with Crippen LogP contribution in [0.2, 0.25) is 0 Å². The van der Waals surface area contributed by atoms with Crippen LogP contribution in [0.5, 0.6) is 11.5 Å². The molecular formula is C26H32N4O4. The number of carbonyl (C=O) groups excluding carboxylic acids is 1. The minimum Gasteiger partial charge on any atom is -0.497 e. The normalized spacial score (nSPS) is 14.4. The highest BCUT2D eigenvalue weighted by atomic mass is 16.5. The molecule has 2 heterocycles. The second kappa shape index (κ2) is 10.2. The number of likely N-dealkylation sites (tertiary alicyclic amines) is 1. The Morgan fingerprint density at radius 3 is 2.24 bits per heavy atom. The minimum absolute atomic E-state index is 0.111. The molecule has 8 nitrogen and oxygen atoms in total. The van der Waals surface area contributed by atoms with Gasteiger partial charge in [-0.2, -0.15) is 5.10 Å². The zero-order chi connectivity index (χ0) is 24.2. The average Bonchev–Trinajstić information content (AvgIpc) is 3.29. The first kappa shape index (κ1) is 23.6. The molecule has 1 fully saturated rings. The lowest BCUT2D eigenvalue weighted by Crippen LogP contribution is -2.43. The maximum Gasteiger partial charge on any atom is 0.343 e. The third-order valence-corrected chi connectivity index (χ3v) is 6.03. The number of hydroxylamine groups is 2. The molecule has 3 aromatic rings. The Bertz CT molecular complexity index is 1100. The van der Waals surface area contributed by atoms with E-state index in [0.29, 0.717) is 18.2 Å². The molecule has 1 aliphatic heterocycles. The van der Waals surface area contributed by atoms with E-state index in [9.17, 15) is 10.0 Å². The van der Waals surface area contributed by atoms with Gasteiger partial charge in [0.1, 0.15) is 11.5 Å². The summed E-state index contributed by atoms with van der Waals surface area (Å²) >= 11 is 0. The molecule has 0 saturated carbocycles. The van der Waals surface area contributed by atoms with Gasteiger partial charge in [0.15, 0.2) is 0 Å². The smallest absolute Gasteiger partial charge is 0.343 e. The lowest BCUT2D eigenvalue weighted by atomic mass is 9.93. The van der Waals surface area contributed by atoms with Crippen molar-refractivity contribution in [3.8, 4) is 28.4 Å². The van der Waals surface area contributed by atoms with Crippen molar-refractivity contribution in [3.63, 3.8) is 0 Å². The number of carbonyl (C=O) groups is 1. The van der Waals surface area contributed by atoms with Crippen LogP contribution < -0.4 is 9.47 Å². The molecule has 1 aliphatic rings. The van der Waals surface area contributed by atoms with Crippen molar-refractivity contribution in [1.29, 1.82) is 0 Å². The number of aromatic nitrogens is 2. The molecule has 4 rings (SSSR count). The molecule has 0 spiro atoms. The molecule has 8 heteroatoms. The van der Waals surface area contributed by atoms with Crippen LogP contribution >= 0.6 is 0 Å². The first-order valence-electron chi connectivity index (χ1n) is 11.6. The van der Waals surface area contributed by atoms with E-state index in [1.807, 2.05) is 67.1 Å². The number of ether oxygens (including phenoxy) is 2. The van der Waals surface area contributed by atoms with Crippen LogP contribution in [0.1, 0.15) is 38.3 Å². The predicted molar refractivity (Wildman–Crippen MR) is 130 cm³/mol. The van der Waals surface area contributed by atoms with Gasteiger partial charge in [0.2, 0.25) is 0 Å². The Morgan fingerprint density at radius 1 is 1.06 bits per heavy atom. The van der Waals surface area contributed by atoms with Gasteiger partial charge < -0.3 is 14.4 Å².